The van der Waals surface area contributed by atoms with E-state index in [1.807, 2.05) is 17.7 Å². The molecule has 202 valence electrons. The van der Waals surface area contributed by atoms with E-state index in [4.69, 9.17) is 9.47 Å². The van der Waals surface area contributed by atoms with Gasteiger partial charge in [-0.25, -0.2) is 13.8 Å². The van der Waals surface area contributed by atoms with Crippen LogP contribution in [0.5, 0.6) is 5.75 Å². The van der Waals surface area contributed by atoms with Gasteiger partial charge in [0.05, 0.1) is 24.4 Å². The van der Waals surface area contributed by atoms with E-state index < -0.39 is 17.6 Å². The van der Waals surface area contributed by atoms with E-state index in [9.17, 15) is 18.4 Å². The Morgan fingerprint density at radius 1 is 1.05 bits per heavy atom. The van der Waals surface area contributed by atoms with E-state index in [1.54, 1.807) is 54.9 Å². The molecule has 4 aromatic rings. The van der Waals surface area contributed by atoms with Gasteiger partial charge < -0.3 is 14.4 Å². The normalized spacial score (nSPS) is 10.8. The number of rotatable bonds is 11. The molecule has 0 atom stereocenters. The molecule has 0 unspecified atom stereocenters. The first-order valence-electron chi connectivity index (χ1n) is 12.0. The zero-order valence-corrected chi connectivity index (χ0v) is 23.0. The maximum atomic E-state index is 13.8. The van der Waals surface area contributed by atoms with Gasteiger partial charge >= 0.3 is 5.97 Å². The number of carbonyl (C=O) groups excluding carboxylic acids is 2. The molecule has 39 heavy (non-hydrogen) atoms. The lowest BCUT2D eigenvalue weighted by Gasteiger charge is -2.21. The molecule has 0 aliphatic heterocycles. The van der Waals surface area contributed by atoms with Crippen LogP contribution in [0.4, 0.5) is 8.78 Å². The lowest BCUT2D eigenvalue weighted by atomic mass is 10.1. The molecular formula is C29H26F2N2O4S2. The Kier molecular flexibility index (Phi) is 9.67. The summed E-state index contributed by atoms with van der Waals surface area (Å²) in [6.45, 7) is 2.14. The van der Waals surface area contributed by atoms with Gasteiger partial charge in [0, 0.05) is 15.8 Å². The standard InChI is InChI=1S/C29H26F2N2O4S2/c1-3-36-28(34)15-33(14-22-17-39-18-32-22)29(35)21-6-4-5-19(11-21)16-37-23-9-7-20(8-10-23)24-12-25(30)26(31)13-27(24)38-2/h4-13,17-18H,3,14-16H2,1-2H3. The molecule has 0 radical (unpaired) electrons. The van der Waals surface area contributed by atoms with Crippen molar-refractivity contribution in [1.82, 2.24) is 9.88 Å². The summed E-state index contributed by atoms with van der Waals surface area (Å²) in [4.78, 5) is 31.7. The molecule has 4 rings (SSSR count). The lowest BCUT2D eigenvalue weighted by molar-refractivity contribution is -0.143. The predicted molar refractivity (Wildman–Crippen MR) is 148 cm³/mol. The Morgan fingerprint density at radius 2 is 1.82 bits per heavy atom. The first-order chi connectivity index (χ1) is 18.9. The van der Waals surface area contributed by atoms with Crippen LogP contribution in [0.2, 0.25) is 0 Å². The number of aromatic nitrogens is 1. The van der Waals surface area contributed by atoms with Crippen molar-refractivity contribution in [3.05, 3.63) is 100 Å². The van der Waals surface area contributed by atoms with Gasteiger partial charge in [0.15, 0.2) is 11.6 Å². The summed E-state index contributed by atoms with van der Waals surface area (Å²) in [6.07, 6.45) is 1.81. The fourth-order valence-electron chi connectivity index (χ4n) is 3.87. The van der Waals surface area contributed by atoms with Gasteiger partial charge in [-0.15, -0.1) is 23.1 Å². The van der Waals surface area contributed by atoms with Crippen molar-refractivity contribution in [3.8, 4) is 16.9 Å². The molecular weight excluding hydrogens is 542 g/mol. The van der Waals surface area contributed by atoms with Crippen molar-refractivity contribution < 1.29 is 27.8 Å². The fraction of sp³-hybridized carbons (Fsp3) is 0.207. The Labute approximate surface area is 233 Å². The van der Waals surface area contributed by atoms with Crippen LogP contribution in [0, 0.1) is 11.6 Å². The molecule has 1 amide bonds. The minimum absolute atomic E-state index is 0.185. The van der Waals surface area contributed by atoms with Crippen LogP contribution in [0.15, 0.2) is 76.4 Å². The van der Waals surface area contributed by atoms with E-state index >= 15 is 0 Å². The SMILES string of the molecule is CCOC(=O)CN(Cc1cscn1)C(=O)c1cccc(COc2ccc(-c3cc(F)c(F)cc3SC)cc2)c1. The van der Waals surface area contributed by atoms with Crippen LogP contribution >= 0.6 is 23.1 Å². The van der Waals surface area contributed by atoms with Crippen molar-refractivity contribution in [2.75, 3.05) is 19.4 Å². The van der Waals surface area contributed by atoms with Gasteiger partial charge in [-0.3, -0.25) is 9.59 Å². The first-order valence-corrected chi connectivity index (χ1v) is 14.2. The number of hydrogen-bond acceptors (Lipinski definition) is 7. The summed E-state index contributed by atoms with van der Waals surface area (Å²) in [5.74, 6) is -2.01. The maximum Gasteiger partial charge on any atom is 0.325 e. The van der Waals surface area contributed by atoms with Gasteiger partial charge in [0.2, 0.25) is 0 Å². The molecule has 1 heterocycles. The third-order valence-corrected chi connectivity index (χ3v) is 7.15. The number of esters is 1. The highest BCUT2D eigenvalue weighted by Crippen LogP contribution is 2.33. The topological polar surface area (TPSA) is 68.7 Å². The summed E-state index contributed by atoms with van der Waals surface area (Å²) in [7, 11) is 0. The quantitative estimate of drug-likeness (QED) is 0.150. The van der Waals surface area contributed by atoms with E-state index in [-0.39, 0.29) is 32.2 Å². The van der Waals surface area contributed by atoms with Gasteiger partial charge in [0.1, 0.15) is 18.9 Å². The molecule has 0 saturated carbocycles. The minimum atomic E-state index is -0.898. The van der Waals surface area contributed by atoms with E-state index in [2.05, 4.69) is 4.98 Å². The van der Waals surface area contributed by atoms with Crippen LogP contribution in [0.25, 0.3) is 11.1 Å². The zero-order valence-electron chi connectivity index (χ0n) is 21.4. The van der Waals surface area contributed by atoms with Crippen LogP contribution in [0.3, 0.4) is 0 Å². The number of thioether (sulfide) groups is 1. The Morgan fingerprint density at radius 3 is 2.51 bits per heavy atom. The largest absolute Gasteiger partial charge is 0.489 e. The Bertz CT molecular complexity index is 1430. The number of ether oxygens (including phenoxy) is 2. The molecule has 0 bridgehead atoms. The average Bonchev–Trinajstić information content (AvgIpc) is 3.46. The smallest absolute Gasteiger partial charge is 0.325 e. The fourth-order valence-corrected chi connectivity index (χ4v) is 5.04. The number of carbonyl (C=O) groups is 2. The van der Waals surface area contributed by atoms with Gasteiger partial charge in [0.25, 0.3) is 5.91 Å². The van der Waals surface area contributed by atoms with Crippen LogP contribution in [0.1, 0.15) is 28.5 Å². The molecule has 0 aliphatic carbocycles. The molecule has 1 aromatic heterocycles. The highest BCUT2D eigenvalue weighted by Gasteiger charge is 2.21. The van der Waals surface area contributed by atoms with Crippen molar-refractivity contribution in [3.63, 3.8) is 0 Å². The molecule has 3 aromatic carbocycles. The summed E-state index contributed by atoms with van der Waals surface area (Å²) < 4.78 is 38.4. The highest BCUT2D eigenvalue weighted by molar-refractivity contribution is 7.98. The third kappa shape index (κ3) is 7.42. The number of halogens is 2. The first kappa shape index (κ1) is 28.3. The monoisotopic (exact) mass is 568 g/mol. The zero-order chi connectivity index (χ0) is 27.8. The second-order valence-electron chi connectivity index (χ2n) is 8.43. The molecule has 10 heteroatoms. The predicted octanol–water partition coefficient (Wildman–Crippen LogP) is 6.59. The van der Waals surface area contributed by atoms with Gasteiger partial charge in [-0.2, -0.15) is 0 Å². The second kappa shape index (κ2) is 13.3. The Hall–Kier alpha value is -3.76. The molecule has 0 spiro atoms. The van der Waals surface area contributed by atoms with Crippen molar-refractivity contribution in [1.29, 1.82) is 0 Å². The number of hydrogen-bond donors (Lipinski definition) is 0. The van der Waals surface area contributed by atoms with E-state index in [1.165, 1.54) is 40.1 Å². The number of benzene rings is 3. The molecule has 0 saturated heterocycles. The van der Waals surface area contributed by atoms with Crippen LogP contribution < -0.4 is 4.74 Å². The average molecular weight is 569 g/mol. The highest BCUT2D eigenvalue weighted by atomic mass is 32.2. The van der Waals surface area contributed by atoms with E-state index in [0.717, 1.165) is 11.1 Å². The molecule has 0 fully saturated rings. The number of amides is 1. The summed E-state index contributed by atoms with van der Waals surface area (Å²) in [5.41, 5.74) is 4.87. The third-order valence-electron chi connectivity index (χ3n) is 5.74. The minimum Gasteiger partial charge on any atom is -0.489 e. The van der Waals surface area contributed by atoms with Crippen LogP contribution in [-0.4, -0.2) is 41.2 Å². The number of thiazole rings is 1. The maximum absolute atomic E-state index is 13.8. The van der Waals surface area contributed by atoms with Gasteiger partial charge in [-0.1, -0.05) is 24.3 Å². The molecule has 6 nitrogen and oxygen atoms in total. The summed E-state index contributed by atoms with van der Waals surface area (Å²) in [6, 6.07) is 16.5. The van der Waals surface area contributed by atoms with Crippen molar-refractivity contribution in [2.45, 2.75) is 25.0 Å². The van der Waals surface area contributed by atoms with E-state index in [0.29, 0.717) is 27.5 Å². The molecule has 0 aliphatic rings. The van der Waals surface area contributed by atoms with Crippen LogP contribution in [-0.2, 0) is 22.7 Å². The van der Waals surface area contributed by atoms with Crippen molar-refractivity contribution >= 4 is 35.0 Å². The van der Waals surface area contributed by atoms with Crippen molar-refractivity contribution in [2.24, 2.45) is 0 Å². The summed E-state index contributed by atoms with van der Waals surface area (Å²) >= 11 is 2.75. The summed E-state index contributed by atoms with van der Waals surface area (Å²) in [5, 5.41) is 1.83. The second-order valence-corrected chi connectivity index (χ2v) is 9.99. The van der Waals surface area contributed by atoms with Gasteiger partial charge in [-0.05, 0) is 66.3 Å². The molecule has 0 N–H and O–H groups in total. The number of nitrogens with zero attached hydrogens (tertiary/aromatic N) is 2. The Balaban J connectivity index is 1.45. The lowest BCUT2D eigenvalue weighted by Crippen LogP contribution is -2.36.